The number of hydrogen-bond acceptors (Lipinski definition) is 17. The molecular formula is C68H100N8O14S. The van der Waals surface area contributed by atoms with Gasteiger partial charge in [0.1, 0.15) is 40.8 Å². The van der Waals surface area contributed by atoms with Crippen molar-refractivity contribution in [2.45, 2.75) is 201 Å². The van der Waals surface area contributed by atoms with Gasteiger partial charge in [-0.2, -0.15) is 0 Å². The average molecular weight is 1290 g/mol. The fourth-order valence-corrected chi connectivity index (χ4v) is 11.4. The predicted molar refractivity (Wildman–Crippen MR) is 348 cm³/mol. The lowest BCUT2D eigenvalue weighted by Gasteiger charge is -2.38. The van der Waals surface area contributed by atoms with Crippen LogP contribution in [-0.2, 0) is 70.4 Å². The molecule has 0 saturated heterocycles. The van der Waals surface area contributed by atoms with Crippen molar-refractivity contribution >= 4 is 76.4 Å². The number of benzene rings is 2. The highest BCUT2D eigenvalue weighted by Gasteiger charge is 2.39. The summed E-state index contributed by atoms with van der Waals surface area (Å²) < 4.78 is 17.3. The standard InChI is InChI=1S/C68H100N8O14S/c1-14-45(5)53(38-59(80)68(9,10)74(11)12)67(87)75(13)57(43(2)3)39-58(66-73-56(41-91-66)65(86)70-51(36-47(7)90-42-78)37-49-24-22-44(4)23-25-49)89-40-50-26-27-54(46(6)35-50)71-64(85)55(20-17-15-16-19-52(79)30-33-88-34-32-77)72-63(84)48(8)69-60(81)21-18-31-76-61(82)28-29-62(76)83/h22-29,35,41-43,45,47-48,51,53,55,57-58,77H,14-21,30-34,36-40H2,1-13H3,(H,69,81)(H,70,86)(H,71,85)(H,72,84)/t45?,47?,48?,51-,53+,55?,57-,58-/m1/s1. The van der Waals surface area contributed by atoms with Gasteiger partial charge < -0.3 is 45.5 Å². The number of carbonyl (C=O) groups excluding carboxylic acids is 10. The molecule has 2 aromatic carbocycles. The van der Waals surface area contributed by atoms with Crippen molar-refractivity contribution in [1.82, 2.24) is 35.6 Å². The first-order valence-electron chi connectivity index (χ1n) is 31.8. The Balaban J connectivity index is 1.60. The van der Waals surface area contributed by atoms with E-state index in [0.29, 0.717) is 67.7 Å². The number of aryl methyl sites for hydroxylation is 2. The molecule has 4 rings (SSSR count). The molecule has 8 atom stereocenters. The Labute approximate surface area is 541 Å². The van der Waals surface area contributed by atoms with Crippen molar-refractivity contribution < 1.29 is 67.3 Å². The Morgan fingerprint density at radius 2 is 1.49 bits per heavy atom. The molecule has 0 spiro atoms. The molecule has 0 radical (unpaired) electrons. The number of amides is 7. The number of hydrogen-bond donors (Lipinski definition) is 5. The molecule has 91 heavy (non-hydrogen) atoms. The number of anilines is 1. The average Bonchev–Trinajstić information content (AvgIpc) is 1.88. The molecule has 0 fully saturated rings. The second-order valence-electron chi connectivity index (χ2n) is 25.1. The number of carbonyl (C=O) groups is 10. The molecular weight excluding hydrogens is 1180 g/mol. The first-order valence-corrected chi connectivity index (χ1v) is 32.7. The lowest BCUT2D eigenvalue weighted by atomic mass is 9.81. The minimum Gasteiger partial charge on any atom is -0.465 e. The van der Waals surface area contributed by atoms with E-state index in [1.165, 1.54) is 18.3 Å². The summed E-state index contributed by atoms with van der Waals surface area (Å²) in [6, 6.07) is 10.4. The van der Waals surface area contributed by atoms with E-state index in [4.69, 9.17) is 24.3 Å². The third-order valence-electron chi connectivity index (χ3n) is 17.1. The van der Waals surface area contributed by atoms with Crippen molar-refractivity contribution in [3.05, 3.63) is 93.0 Å². The first-order chi connectivity index (χ1) is 43.1. The van der Waals surface area contributed by atoms with Gasteiger partial charge in [-0.1, -0.05) is 88.9 Å². The quantitative estimate of drug-likeness (QED) is 0.0206. The van der Waals surface area contributed by atoms with E-state index in [1.807, 2.05) is 105 Å². The van der Waals surface area contributed by atoms with Crippen LogP contribution < -0.4 is 21.3 Å². The molecule has 23 heteroatoms. The first kappa shape index (κ1) is 76.4. The Hall–Kier alpha value is -7.05. The maximum atomic E-state index is 14.8. The largest absolute Gasteiger partial charge is 0.465 e. The second kappa shape index (κ2) is 38.1. The van der Waals surface area contributed by atoms with Crippen LogP contribution in [0.15, 0.2) is 60.0 Å². The molecule has 0 aliphatic carbocycles. The van der Waals surface area contributed by atoms with E-state index >= 15 is 0 Å². The lowest BCUT2D eigenvalue weighted by molar-refractivity contribution is -0.144. The van der Waals surface area contributed by atoms with Crippen molar-refractivity contribution in [3.63, 3.8) is 0 Å². The van der Waals surface area contributed by atoms with Crippen LogP contribution in [0.25, 0.3) is 0 Å². The number of thiazole rings is 1. The van der Waals surface area contributed by atoms with Gasteiger partial charge in [0.15, 0.2) is 5.78 Å². The Morgan fingerprint density at radius 1 is 0.813 bits per heavy atom. The number of likely N-dealkylation sites (N-methyl/N-ethyl adjacent to an activating group) is 1. The zero-order chi connectivity index (χ0) is 67.5. The predicted octanol–water partition coefficient (Wildman–Crippen LogP) is 7.70. The summed E-state index contributed by atoms with van der Waals surface area (Å²) in [5.74, 6) is -3.93. The molecule has 5 N–H and O–H groups in total. The highest BCUT2D eigenvalue weighted by molar-refractivity contribution is 7.09. The van der Waals surface area contributed by atoms with Crippen molar-refractivity contribution in [2.75, 3.05) is 52.8 Å². The fourth-order valence-electron chi connectivity index (χ4n) is 10.5. The van der Waals surface area contributed by atoms with Crippen LogP contribution >= 0.6 is 11.3 Å². The molecule has 3 aromatic rings. The summed E-state index contributed by atoms with van der Waals surface area (Å²) in [5, 5.41) is 22.7. The summed E-state index contributed by atoms with van der Waals surface area (Å²) in [6.45, 7) is 19.5. The number of aromatic nitrogens is 1. The van der Waals surface area contributed by atoms with E-state index in [9.17, 15) is 47.9 Å². The van der Waals surface area contributed by atoms with Crippen molar-refractivity contribution in [2.24, 2.45) is 17.8 Å². The van der Waals surface area contributed by atoms with E-state index < -0.39 is 83.3 Å². The number of nitrogens with zero attached hydrogens (tertiary/aromatic N) is 4. The van der Waals surface area contributed by atoms with Gasteiger partial charge >= 0.3 is 0 Å². The molecule has 4 unspecified atom stereocenters. The molecule has 0 saturated carbocycles. The number of rotatable bonds is 43. The third kappa shape index (κ3) is 24.8. The molecule has 22 nitrogen and oxygen atoms in total. The van der Waals surface area contributed by atoms with Crippen molar-refractivity contribution in [3.8, 4) is 0 Å². The molecule has 2 heterocycles. The van der Waals surface area contributed by atoms with Gasteiger partial charge in [0.05, 0.1) is 32.0 Å². The van der Waals surface area contributed by atoms with Gasteiger partial charge in [-0.25, -0.2) is 4.98 Å². The van der Waals surface area contributed by atoms with Crippen molar-refractivity contribution in [1.29, 1.82) is 0 Å². The van der Waals surface area contributed by atoms with Crippen LogP contribution in [0.5, 0.6) is 0 Å². The van der Waals surface area contributed by atoms with Crippen LogP contribution in [0, 0.1) is 31.6 Å². The monoisotopic (exact) mass is 1280 g/mol. The minimum atomic E-state index is -1.05. The number of unbranched alkanes of at least 4 members (excludes halogenated alkanes) is 2. The summed E-state index contributed by atoms with van der Waals surface area (Å²) in [5.41, 5.74) is 3.29. The Morgan fingerprint density at radius 3 is 2.12 bits per heavy atom. The molecule has 7 amide bonds. The zero-order valence-corrected chi connectivity index (χ0v) is 56.5. The van der Waals surface area contributed by atoms with Crippen LogP contribution in [0.1, 0.15) is 176 Å². The number of ether oxygens (including phenoxy) is 3. The highest BCUT2D eigenvalue weighted by Crippen LogP contribution is 2.34. The normalized spacial score (nSPS) is 15.1. The number of aliphatic hydroxyl groups is 1. The maximum absolute atomic E-state index is 14.8. The van der Waals surface area contributed by atoms with Crippen LogP contribution in [0.2, 0.25) is 0 Å². The summed E-state index contributed by atoms with van der Waals surface area (Å²) in [6.07, 6.45) is 5.36. The summed E-state index contributed by atoms with van der Waals surface area (Å²) in [4.78, 5) is 141. The highest BCUT2D eigenvalue weighted by atomic mass is 32.1. The second-order valence-corrected chi connectivity index (χ2v) is 25.9. The smallest absolute Gasteiger partial charge is 0.293 e. The Kier molecular flexibility index (Phi) is 32.0. The molecule has 1 aromatic heterocycles. The Bertz CT molecular complexity index is 2930. The fraction of sp³-hybridized carbons (Fsp3) is 0.603. The van der Waals surface area contributed by atoms with Gasteiger partial charge in [-0.05, 0) is 116 Å². The molecule has 502 valence electrons. The van der Waals surface area contributed by atoms with Crippen LogP contribution in [0.3, 0.4) is 0 Å². The van der Waals surface area contributed by atoms with E-state index in [1.54, 1.807) is 36.4 Å². The van der Waals surface area contributed by atoms with E-state index in [0.717, 1.165) is 33.7 Å². The topological polar surface area (TPSA) is 289 Å². The number of ketones is 2. The summed E-state index contributed by atoms with van der Waals surface area (Å²) >= 11 is 1.25. The molecule has 0 bridgehead atoms. The third-order valence-corrected chi connectivity index (χ3v) is 18.0. The summed E-state index contributed by atoms with van der Waals surface area (Å²) in [7, 11) is 5.47. The number of aliphatic hydroxyl groups excluding tert-OH is 1. The van der Waals surface area contributed by atoms with E-state index in [2.05, 4.69) is 21.3 Å². The van der Waals surface area contributed by atoms with Gasteiger partial charge in [0.2, 0.25) is 23.6 Å². The van der Waals surface area contributed by atoms with Crippen LogP contribution in [-0.4, -0.2) is 167 Å². The molecule has 1 aliphatic heterocycles. The molecule has 1 aliphatic rings. The van der Waals surface area contributed by atoms with E-state index in [-0.39, 0.29) is 107 Å². The zero-order valence-electron chi connectivity index (χ0n) is 55.7. The number of Topliss-reactive ketones (excluding diaryl/α,β-unsaturated/α-hetero) is 2. The SMILES string of the molecule is CCC(C)[C@H](CC(=O)C(C)(C)N(C)C)C(=O)N(C)[C@H](C[C@@H](OCc1ccc(NC(=O)C(CCCCCC(=O)CCOCCO)NC(=O)C(C)NC(=O)CCCN2C(=O)C=CC2=O)c(C)c1)c1nc(C(=O)N[C@@H](Cc2ccc(C)cc2)CC(C)OC=O)cs1)C(C)C. The minimum absolute atomic E-state index is 0.00614. The van der Waals surface area contributed by atoms with Gasteiger partial charge in [-0.3, -0.25) is 57.7 Å². The lowest BCUT2D eigenvalue weighted by Crippen LogP contribution is -2.51. The number of imide groups is 1. The maximum Gasteiger partial charge on any atom is 0.293 e. The number of nitrogens with one attached hydrogen (secondary N) is 4. The van der Waals surface area contributed by atoms with Gasteiger partial charge in [0, 0.05) is 93.3 Å². The van der Waals surface area contributed by atoms with Crippen LogP contribution in [0.4, 0.5) is 5.69 Å². The van der Waals surface area contributed by atoms with Gasteiger partial charge in [-0.15, -0.1) is 11.3 Å². The van der Waals surface area contributed by atoms with Gasteiger partial charge in [0.25, 0.3) is 24.2 Å².